The molecule has 1 aromatic carbocycles. The van der Waals surface area contributed by atoms with Crippen LogP contribution in [0, 0.1) is 0 Å². The molecule has 0 saturated heterocycles. The van der Waals surface area contributed by atoms with Crippen LogP contribution in [0.5, 0.6) is 0 Å². The number of carbonyl (C=O) groups excluding carboxylic acids is 1. The summed E-state index contributed by atoms with van der Waals surface area (Å²) in [6.45, 7) is 1.78. The molecule has 0 bridgehead atoms. The molecule has 0 aliphatic rings. The van der Waals surface area contributed by atoms with E-state index in [9.17, 15) is 4.79 Å². The van der Waals surface area contributed by atoms with Crippen molar-refractivity contribution in [3.63, 3.8) is 0 Å². The summed E-state index contributed by atoms with van der Waals surface area (Å²) in [5.74, 6) is 0. The Balaban J connectivity index is 2.65. The van der Waals surface area contributed by atoms with E-state index in [-0.39, 0.29) is 0 Å². The quantitative estimate of drug-likeness (QED) is 0.389. The lowest BCUT2D eigenvalue weighted by Crippen LogP contribution is -1.72. The van der Waals surface area contributed by atoms with Crippen molar-refractivity contribution in [3.05, 3.63) is 53.6 Å². The first-order valence-electron chi connectivity index (χ1n) is 4.18. The summed E-state index contributed by atoms with van der Waals surface area (Å²) in [6.07, 6.45) is 6.47. The van der Waals surface area contributed by atoms with E-state index in [1.807, 2.05) is 42.5 Å². The number of rotatable bonds is 3. The van der Waals surface area contributed by atoms with Gasteiger partial charge in [0.25, 0.3) is 0 Å². The molecule has 1 aromatic rings. The standard InChI is InChI=1S/C12H12O/c1-11(10-13)6-5-9-12-7-3-2-4-8-12/h2-10H,1H3. The van der Waals surface area contributed by atoms with Crippen LogP contribution in [0.2, 0.25) is 0 Å². The van der Waals surface area contributed by atoms with Crippen LogP contribution in [0.1, 0.15) is 12.5 Å². The number of hydrogen-bond donors (Lipinski definition) is 0. The summed E-state index contributed by atoms with van der Waals surface area (Å²) in [5.41, 5.74) is 1.87. The predicted molar refractivity (Wildman–Crippen MR) is 55.3 cm³/mol. The van der Waals surface area contributed by atoms with Crippen molar-refractivity contribution in [2.24, 2.45) is 0 Å². The number of benzene rings is 1. The maximum absolute atomic E-state index is 10.2. The summed E-state index contributed by atoms with van der Waals surface area (Å²) < 4.78 is 0. The van der Waals surface area contributed by atoms with E-state index in [2.05, 4.69) is 0 Å². The Morgan fingerprint density at radius 1 is 1.23 bits per heavy atom. The normalized spacial score (nSPS) is 11.9. The fraction of sp³-hybridized carbons (Fsp3) is 0.0833. The molecule has 0 amide bonds. The number of aldehydes is 1. The molecule has 0 atom stereocenters. The highest BCUT2D eigenvalue weighted by molar-refractivity contribution is 5.73. The third-order valence-electron chi connectivity index (χ3n) is 1.63. The van der Waals surface area contributed by atoms with Gasteiger partial charge < -0.3 is 0 Å². The Morgan fingerprint density at radius 2 is 1.92 bits per heavy atom. The molecular formula is C12H12O. The van der Waals surface area contributed by atoms with Crippen molar-refractivity contribution in [2.75, 3.05) is 0 Å². The van der Waals surface area contributed by atoms with Gasteiger partial charge in [0.15, 0.2) is 0 Å². The summed E-state index contributed by atoms with van der Waals surface area (Å²) in [7, 11) is 0. The predicted octanol–water partition coefficient (Wildman–Crippen LogP) is 2.85. The van der Waals surface area contributed by atoms with Gasteiger partial charge in [-0.2, -0.15) is 0 Å². The van der Waals surface area contributed by atoms with Crippen LogP contribution in [0.3, 0.4) is 0 Å². The zero-order chi connectivity index (χ0) is 9.52. The largest absolute Gasteiger partial charge is 0.298 e. The highest BCUT2D eigenvalue weighted by Gasteiger charge is 1.81. The molecule has 0 spiro atoms. The maximum atomic E-state index is 10.2. The molecule has 1 nitrogen and oxygen atoms in total. The molecule has 1 rings (SSSR count). The molecule has 66 valence electrons. The monoisotopic (exact) mass is 172 g/mol. The lowest BCUT2D eigenvalue weighted by atomic mass is 10.2. The van der Waals surface area contributed by atoms with Crippen LogP contribution >= 0.6 is 0 Å². The smallest absolute Gasteiger partial charge is 0.145 e. The molecule has 1 heteroatoms. The molecule has 0 N–H and O–H groups in total. The van der Waals surface area contributed by atoms with Gasteiger partial charge in [-0.15, -0.1) is 0 Å². The average Bonchev–Trinajstić information content (AvgIpc) is 2.19. The van der Waals surface area contributed by atoms with E-state index in [0.717, 1.165) is 17.4 Å². The van der Waals surface area contributed by atoms with Gasteiger partial charge in [0, 0.05) is 0 Å². The minimum Gasteiger partial charge on any atom is -0.298 e. The highest BCUT2D eigenvalue weighted by Crippen LogP contribution is 2.01. The minimum atomic E-state index is 0.729. The summed E-state index contributed by atoms with van der Waals surface area (Å²) in [5, 5.41) is 0. The summed E-state index contributed by atoms with van der Waals surface area (Å²) >= 11 is 0. The zero-order valence-electron chi connectivity index (χ0n) is 7.60. The molecule has 0 fully saturated rings. The van der Waals surface area contributed by atoms with E-state index in [1.165, 1.54) is 0 Å². The Kier molecular flexibility index (Phi) is 3.71. The van der Waals surface area contributed by atoms with Gasteiger partial charge in [-0.1, -0.05) is 48.6 Å². The second-order valence-corrected chi connectivity index (χ2v) is 2.80. The van der Waals surface area contributed by atoms with Gasteiger partial charge in [0.2, 0.25) is 0 Å². The van der Waals surface area contributed by atoms with Crippen molar-refractivity contribution >= 4 is 12.4 Å². The van der Waals surface area contributed by atoms with Gasteiger partial charge in [-0.3, -0.25) is 4.79 Å². The first-order chi connectivity index (χ1) is 6.33. The van der Waals surface area contributed by atoms with Crippen molar-refractivity contribution in [1.82, 2.24) is 0 Å². The third kappa shape index (κ3) is 3.52. The van der Waals surface area contributed by atoms with E-state index in [1.54, 1.807) is 13.0 Å². The van der Waals surface area contributed by atoms with E-state index in [4.69, 9.17) is 0 Å². The second-order valence-electron chi connectivity index (χ2n) is 2.80. The molecule has 0 aliphatic carbocycles. The van der Waals surface area contributed by atoms with E-state index >= 15 is 0 Å². The van der Waals surface area contributed by atoms with Crippen LogP contribution in [0.25, 0.3) is 6.08 Å². The average molecular weight is 172 g/mol. The molecule has 0 heterocycles. The van der Waals surface area contributed by atoms with Crippen LogP contribution in [0.15, 0.2) is 48.1 Å². The fourth-order valence-corrected chi connectivity index (χ4v) is 0.914. The topological polar surface area (TPSA) is 17.1 Å². The van der Waals surface area contributed by atoms with Gasteiger partial charge >= 0.3 is 0 Å². The van der Waals surface area contributed by atoms with E-state index in [0.29, 0.717) is 0 Å². The lowest BCUT2D eigenvalue weighted by molar-refractivity contribution is -0.104. The summed E-state index contributed by atoms with van der Waals surface area (Å²) in [4.78, 5) is 10.2. The molecule has 13 heavy (non-hydrogen) atoms. The first kappa shape index (κ1) is 9.46. The Bertz CT molecular complexity index is 320. The molecule has 0 saturated carbocycles. The SMILES string of the molecule is CC(C=O)=CC=Cc1ccccc1. The Morgan fingerprint density at radius 3 is 2.54 bits per heavy atom. The first-order valence-corrected chi connectivity index (χ1v) is 4.18. The van der Waals surface area contributed by atoms with Crippen molar-refractivity contribution in [3.8, 4) is 0 Å². The van der Waals surface area contributed by atoms with Gasteiger partial charge in [-0.05, 0) is 18.1 Å². The lowest BCUT2D eigenvalue weighted by Gasteiger charge is -1.88. The minimum absolute atomic E-state index is 0.729. The van der Waals surface area contributed by atoms with Crippen LogP contribution in [-0.2, 0) is 4.79 Å². The van der Waals surface area contributed by atoms with Crippen LogP contribution < -0.4 is 0 Å². The number of hydrogen-bond acceptors (Lipinski definition) is 1. The van der Waals surface area contributed by atoms with Crippen molar-refractivity contribution in [1.29, 1.82) is 0 Å². The third-order valence-corrected chi connectivity index (χ3v) is 1.63. The maximum Gasteiger partial charge on any atom is 0.145 e. The van der Waals surface area contributed by atoms with Crippen LogP contribution in [0.4, 0.5) is 0 Å². The molecule has 0 aromatic heterocycles. The van der Waals surface area contributed by atoms with Gasteiger partial charge in [0.05, 0.1) is 0 Å². The van der Waals surface area contributed by atoms with Gasteiger partial charge in [0.1, 0.15) is 6.29 Å². The van der Waals surface area contributed by atoms with E-state index < -0.39 is 0 Å². The molecule has 0 radical (unpaired) electrons. The molecular weight excluding hydrogens is 160 g/mol. The molecule has 0 aliphatic heterocycles. The second kappa shape index (κ2) is 5.09. The highest BCUT2D eigenvalue weighted by atomic mass is 16.1. The van der Waals surface area contributed by atoms with Crippen LogP contribution in [-0.4, -0.2) is 6.29 Å². The number of allylic oxidation sites excluding steroid dienone is 3. The van der Waals surface area contributed by atoms with Crippen molar-refractivity contribution in [2.45, 2.75) is 6.92 Å². The van der Waals surface area contributed by atoms with Crippen molar-refractivity contribution < 1.29 is 4.79 Å². The zero-order valence-corrected chi connectivity index (χ0v) is 7.60. The Hall–Kier alpha value is -1.63. The number of carbonyl (C=O) groups is 1. The molecule has 0 unspecified atom stereocenters. The van der Waals surface area contributed by atoms with Gasteiger partial charge in [-0.25, -0.2) is 0 Å². The fourth-order valence-electron chi connectivity index (χ4n) is 0.914. The Labute approximate surface area is 78.4 Å². The summed E-state index contributed by atoms with van der Waals surface area (Å²) in [6, 6.07) is 9.97.